The van der Waals surface area contributed by atoms with E-state index >= 15 is 0 Å². The molecule has 0 saturated heterocycles. The van der Waals surface area contributed by atoms with Crippen LogP contribution in [0.1, 0.15) is 18.3 Å². The van der Waals surface area contributed by atoms with Crippen LogP contribution >= 0.6 is 11.6 Å². The molecule has 3 heterocycles. The minimum absolute atomic E-state index is 0.328. The van der Waals surface area contributed by atoms with E-state index < -0.39 is 0 Å². The SMILES string of the molecule is CCn1ccc(-n2c(CCl)nc3cc(C)cnc32)n1. The predicted octanol–water partition coefficient (Wildman–Crippen LogP) is 2.68. The number of aromatic nitrogens is 5. The molecule has 0 saturated carbocycles. The Kier molecular flexibility index (Phi) is 2.98. The highest BCUT2D eigenvalue weighted by molar-refractivity contribution is 6.16. The molecule has 19 heavy (non-hydrogen) atoms. The van der Waals surface area contributed by atoms with Gasteiger partial charge in [-0.1, -0.05) is 0 Å². The Morgan fingerprint density at radius 1 is 1.37 bits per heavy atom. The first kappa shape index (κ1) is 12.2. The topological polar surface area (TPSA) is 48.5 Å². The lowest BCUT2D eigenvalue weighted by Crippen LogP contribution is -2.03. The van der Waals surface area contributed by atoms with Crippen molar-refractivity contribution in [3.05, 3.63) is 35.9 Å². The molecule has 3 rings (SSSR count). The first-order valence-electron chi connectivity index (χ1n) is 6.16. The van der Waals surface area contributed by atoms with E-state index in [1.165, 1.54) is 0 Å². The molecule has 0 spiro atoms. The molecule has 0 fully saturated rings. The highest BCUT2D eigenvalue weighted by Crippen LogP contribution is 2.20. The van der Waals surface area contributed by atoms with Gasteiger partial charge >= 0.3 is 0 Å². The number of imidazole rings is 1. The fourth-order valence-electron chi connectivity index (χ4n) is 2.09. The van der Waals surface area contributed by atoms with Gasteiger partial charge in [-0.3, -0.25) is 9.25 Å². The van der Waals surface area contributed by atoms with Gasteiger partial charge in [0.1, 0.15) is 11.3 Å². The molecular weight excluding hydrogens is 262 g/mol. The van der Waals surface area contributed by atoms with Crippen LogP contribution in [0.4, 0.5) is 0 Å². The van der Waals surface area contributed by atoms with Crippen LogP contribution in [0.15, 0.2) is 24.5 Å². The third kappa shape index (κ3) is 2.00. The monoisotopic (exact) mass is 275 g/mol. The summed E-state index contributed by atoms with van der Waals surface area (Å²) in [6, 6.07) is 3.95. The Labute approximate surface area is 115 Å². The van der Waals surface area contributed by atoms with Crippen molar-refractivity contribution < 1.29 is 0 Å². The number of rotatable bonds is 3. The lowest BCUT2D eigenvalue weighted by atomic mass is 10.3. The number of pyridine rings is 1. The Morgan fingerprint density at radius 2 is 2.21 bits per heavy atom. The largest absolute Gasteiger partial charge is 0.271 e. The van der Waals surface area contributed by atoms with Crippen LogP contribution in [-0.4, -0.2) is 24.3 Å². The van der Waals surface area contributed by atoms with E-state index in [4.69, 9.17) is 11.6 Å². The van der Waals surface area contributed by atoms with Gasteiger partial charge in [-0.05, 0) is 25.5 Å². The standard InChI is InChI=1S/C13H14ClN5/c1-3-18-5-4-11(17-18)19-12(7-14)16-10-6-9(2)8-15-13(10)19/h4-6,8H,3,7H2,1-2H3. The summed E-state index contributed by atoms with van der Waals surface area (Å²) in [4.78, 5) is 8.98. The van der Waals surface area contributed by atoms with Crippen molar-refractivity contribution >= 4 is 22.8 Å². The van der Waals surface area contributed by atoms with Crippen molar-refractivity contribution in [3.8, 4) is 5.82 Å². The zero-order chi connectivity index (χ0) is 13.4. The second kappa shape index (κ2) is 4.66. The fraction of sp³-hybridized carbons (Fsp3) is 0.308. The quantitative estimate of drug-likeness (QED) is 0.691. The highest BCUT2D eigenvalue weighted by atomic mass is 35.5. The molecule has 98 valence electrons. The summed E-state index contributed by atoms with van der Waals surface area (Å²) in [5, 5.41) is 4.49. The summed E-state index contributed by atoms with van der Waals surface area (Å²) in [6.07, 6.45) is 3.77. The number of nitrogens with zero attached hydrogens (tertiary/aromatic N) is 5. The average Bonchev–Trinajstić information content (AvgIpc) is 3.00. The Balaban J connectivity index is 2.25. The van der Waals surface area contributed by atoms with Crippen molar-refractivity contribution in [2.45, 2.75) is 26.3 Å². The summed E-state index contributed by atoms with van der Waals surface area (Å²) in [5.74, 6) is 1.89. The summed E-state index contributed by atoms with van der Waals surface area (Å²) in [6.45, 7) is 4.87. The van der Waals surface area contributed by atoms with Crippen LogP contribution in [0.3, 0.4) is 0 Å². The molecule has 0 aliphatic heterocycles. The van der Waals surface area contributed by atoms with E-state index in [9.17, 15) is 0 Å². The van der Waals surface area contributed by atoms with Crippen LogP contribution in [0.2, 0.25) is 0 Å². The van der Waals surface area contributed by atoms with Gasteiger partial charge in [0.15, 0.2) is 11.5 Å². The molecule has 0 unspecified atom stereocenters. The van der Waals surface area contributed by atoms with Crippen molar-refractivity contribution in [2.75, 3.05) is 0 Å². The Morgan fingerprint density at radius 3 is 2.89 bits per heavy atom. The van der Waals surface area contributed by atoms with Crippen LogP contribution in [0.25, 0.3) is 17.0 Å². The zero-order valence-electron chi connectivity index (χ0n) is 10.8. The molecule has 0 N–H and O–H groups in total. The van der Waals surface area contributed by atoms with E-state index in [1.54, 1.807) is 0 Å². The van der Waals surface area contributed by atoms with Gasteiger partial charge < -0.3 is 0 Å². The zero-order valence-corrected chi connectivity index (χ0v) is 11.6. The minimum atomic E-state index is 0.328. The van der Waals surface area contributed by atoms with Gasteiger partial charge in [-0.15, -0.1) is 11.6 Å². The molecule has 0 amide bonds. The molecule has 3 aromatic heterocycles. The van der Waals surface area contributed by atoms with Crippen LogP contribution < -0.4 is 0 Å². The molecule has 5 nitrogen and oxygen atoms in total. The molecular formula is C13H14ClN5. The molecule has 0 radical (unpaired) electrons. The number of hydrogen-bond donors (Lipinski definition) is 0. The lowest BCUT2D eigenvalue weighted by Gasteiger charge is -2.02. The molecule has 0 aromatic carbocycles. The van der Waals surface area contributed by atoms with Crippen molar-refractivity contribution in [1.82, 2.24) is 24.3 Å². The van der Waals surface area contributed by atoms with Gasteiger partial charge in [0.2, 0.25) is 0 Å². The number of aryl methyl sites for hydroxylation is 2. The summed E-state index contributed by atoms with van der Waals surface area (Å²) in [5.41, 5.74) is 2.72. The van der Waals surface area contributed by atoms with Gasteiger partial charge in [0.25, 0.3) is 0 Å². The maximum atomic E-state index is 5.99. The number of halogens is 1. The molecule has 0 aliphatic carbocycles. The molecule has 3 aromatic rings. The van der Waals surface area contributed by atoms with E-state index in [-0.39, 0.29) is 0 Å². The predicted molar refractivity (Wildman–Crippen MR) is 74.6 cm³/mol. The van der Waals surface area contributed by atoms with E-state index in [1.807, 2.05) is 47.6 Å². The normalized spacial score (nSPS) is 11.3. The maximum Gasteiger partial charge on any atom is 0.165 e. The second-order valence-electron chi connectivity index (χ2n) is 4.38. The first-order chi connectivity index (χ1) is 9.22. The summed E-state index contributed by atoms with van der Waals surface area (Å²) in [7, 11) is 0. The Hall–Kier alpha value is -1.88. The van der Waals surface area contributed by atoms with Crippen molar-refractivity contribution in [1.29, 1.82) is 0 Å². The lowest BCUT2D eigenvalue weighted by molar-refractivity contribution is 0.652. The van der Waals surface area contributed by atoms with Crippen molar-refractivity contribution in [2.24, 2.45) is 0 Å². The minimum Gasteiger partial charge on any atom is -0.271 e. The number of hydrogen-bond acceptors (Lipinski definition) is 3. The molecule has 6 heteroatoms. The molecule has 0 bridgehead atoms. The summed E-state index contributed by atoms with van der Waals surface area (Å²) < 4.78 is 3.78. The molecule has 0 aliphatic rings. The van der Waals surface area contributed by atoms with Crippen LogP contribution in [0, 0.1) is 6.92 Å². The third-order valence-electron chi connectivity index (χ3n) is 3.00. The molecule has 0 atom stereocenters. The smallest absolute Gasteiger partial charge is 0.165 e. The van der Waals surface area contributed by atoms with E-state index in [2.05, 4.69) is 15.1 Å². The fourth-order valence-corrected chi connectivity index (χ4v) is 2.27. The van der Waals surface area contributed by atoms with Crippen LogP contribution in [0.5, 0.6) is 0 Å². The maximum absolute atomic E-state index is 5.99. The van der Waals surface area contributed by atoms with E-state index in [0.29, 0.717) is 5.88 Å². The average molecular weight is 276 g/mol. The first-order valence-corrected chi connectivity index (χ1v) is 6.70. The van der Waals surface area contributed by atoms with Crippen molar-refractivity contribution in [3.63, 3.8) is 0 Å². The van der Waals surface area contributed by atoms with Gasteiger partial charge in [-0.25, -0.2) is 9.97 Å². The van der Waals surface area contributed by atoms with Gasteiger partial charge in [0.05, 0.1) is 5.88 Å². The second-order valence-corrected chi connectivity index (χ2v) is 4.65. The highest BCUT2D eigenvalue weighted by Gasteiger charge is 2.14. The van der Waals surface area contributed by atoms with Gasteiger partial charge in [-0.2, -0.15) is 5.10 Å². The van der Waals surface area contributed by atoms with Gasteiger partial charge in [0, 0.05) is 25.0 Å². The van der Waals surface area contributed by atoms with E-state index in [0.717, 1.165) is 34.9 Å². The summed E-state index contributed by atoms with van der Waals surface area (Å²) >= 11 is 5.99. The number of alkyl halides is 1. The number of fused-ring (bicyclic) bond motifs is 1. The van der Waals surface area contributed by atoms with Crippen LogP contribution in [-0.2, 0) is 12.4 Å². The Bertz CT molecular complexity index is 728. The third-order valence-corrected chi connectivity index (χ3v) is 3.24.